The van der Waals surface area contributed by atoms with Crippen molar-refractivity contribution in [3.05, 3.63) is 35.8 Å². The summed E-state index contributed by atoms with van der Waals surface area (Å²) >= 11 is 0. The average molecular weight is 358 g/mol. The second-order valence-corrected chi connectivity index (χ2v) is 6.51. The lowest BCUT2D eigenvalue weighted by molar-refractivity contribution is -0.138. The Kier molecular flexibility index (Phi) is 5.35. The van der Waals surface area contributed by atoms with Gasteiger partial charge in [0.2, 0.25) is 11.8 Å². The van der Waals surface area contributed by atoms with Crippen LogP contribution in [-0.2, 0) is 9.59 Å². The summed E-state index contributed by atoms with van der Waals surface area (Å²) in [4.78, 5) is 31.5. The molecular weight excluding hydrogens is 335 g/mol. The van der Waals surface area contributed by atoms with Gasteiger partial charge in [-0.25, -0.2) is 9.37 Å². The molecule has 0 bridgehead atoms. The number of halogens is 1. The van der Waals surface area contributed by atoms with Crippen molar-refractivity contribution in [2.24, 2.45) is 0 Å². The maximum atomic E-state index is 13.9. The first kappa shape index (κ1) is 18.1. The minimum atomic E-state index is -0.353. The van der Waals surface area contributed by atoms with Crippen LogP contribution in [0.25, 0.3) is 10.9 Å². The number of piperazine rings is 1. The van der Waals surface area contributed by atoms with Gasteiger partial charge in [0.25, 0.3) is 0 Å². The van der Waals surface area contributed by atoms with Crippen LogP contribution in [0.5, 0.6) is 0 Å². The molecule has 0 unspecified atom stereocenters. The molecule has 0 aliphatic carbocycles. The van der Waals surface area contributed by atoms with Crippen LogP contribution in [0.15, 0.2) is 24.3 Å². The van der Waals surface area contributed by atoms with Gasteiger partial charge in [0.15, 0.2) is 0 Å². The number of hydrogen-bond donors (Lipinski definition) is 1. The highest BCUT2D eigenvalue weighted by atomic mass is 19.1. The van der Waals surface area contributed by atoms with E-state index in [-0.39, 0.29) is 17.6 Å². The van der Waals surface area contributed by atoms with Crippen LogP contribution in [0.2, 0.25) is 0 Å². The van der Waals surface area contributed by atoms with Crippen molar-refractivity contribution < 1.29 is 14.0 Å². The lowest BCUT2D eigenvalue weighted by Crippen LogP contribution is -2.50. The van der Waals surface area contributed by atoms with Crippen molar-refractivity contribution in [2.45, 2.75) is 20.3 Å². The molecule has 1 fully saturated rings. The van der Waals surface area contributed by atoms with Crippen molar-refractivity contribution in [3.63, 3.8) is 0 Å². The Labute approximate surface area is 152 Å². The molecule has 1 aromatic carbocycles. The van der Waals surface area contributed by atoms with E-state index in [2.05, 4.69) is 10.3 Å². The zero-order valence-corrected chi connectivity index (χ0v) is 15.1. The number of aryl methyl sites for hydroxylation is 1. The van der Waals surface area contributed by atoms with Crippen molar-refractivity contribution in [1.29, 1.82) is 0 Å². The van der Waals surface area contributed by atoms with Crippen LogP contribution < -0.4 is 5.32 Å². The third-order valence-corrected chi connectivity index (χ3v) is 4.65. The third-order valence-electron chi connectivity index (χ3n) is 4.65. The Morgan fingerprint density at radius 2 is 1.88 bits per heavy atom. The lowest BCUT2D eigenvalue weighted by Gasteiger charge is -2.34. The molecule has 26 heavy (non-hydrogen) atoms. The number of para-hydroxylation sites is 1. The number of anilines is 1. The van der Waals surface area contributed by atoms with Gasteiger partial charge in [-0.1, -0.05) is 12.1 Å². The van der Waals surface area contributed by atoms with Crippen LogP contribution in [0.4, 0.5) is 10.1 Å². The van der Waals surface area contributed by atoms with Crippen LogP contribution in [-0.4, -0.2) is 59.3 Å². The highest BCUT2D eigenvalue weighted by Gasteiger charge is 2.21. The SMILES string of the molecule is CC(=O)N1CCN(C(=O)CCNc2cc(C)nc3c(F)cccc23)CC1. The second-order valence-electron chi connectivity index (χ2n) is 6.51. The summed E-state index contributed by atoms with van der Waals surface area (Å²) < 4.78 is 13.9. The highest BCUT2D eigenvalue weighted by molar-refractivity contribution is 5.92. The van der Waals surface area contributed by atoms with Crippen LogP contribution in [0, 0.1) is 12.7 Å². The number of carbonyl (C=O) groups excluding carboxylic acids is 2. The number of carbonyl (C=O) groups is 2. The van der Waals surface area contributed by atoms with Crippen molar-refractivity contribution in [1.82, 2.24) is 14.8 Å². The minimum absolute atomic E-state index is 0.0472. The highest BCUT2D eigenvalue weighted by Crippen LogP contribution is 2.25. The van der Waals surface area contributed by atoms with Gasteiger partial charge in [-0.2, -0.15) is 0 Å². The van der Waals surface area contributed by atoms with E-state index >= 15 is 0 Å². The van der Waals surface area contributed by atoms with Crippen LogP contribution in [0.3, 0.4) is 0 Å². The average Bonchev–Trinajstić information content (AvgIpc) is 2.62. The summed E-state index contributed by atoms with van der Waals surface area (Å²) in [5.41, 5.74) is 1.83. The normalized spacial score (nSPS) is 14.6. The predicted octanol–water partition coefficient (Wildman–Crippen LogP) is 2.18. The topological polar surface area (TPSA) is 65.5 Å². The fourth-order valence-electron chi connectivity index (χ4n) is 3.22. The van der Waals surface area contributed by atoms with Crippen LogP contribution in [0.1, 0.15) is 19.0 Å². The smallest absolute Gasteiger partial charge is 0.224 e. The largest absolute Gasteiger partial charge is 0.384 e. The molecule has 0 saturated carbocycles. The number of rotatable bonds is 4. The van der Waals surface area contributed by atoms with Gasteiger partial charge >= 0.3 is 0 Å². The summed E-state index contributed by atoms with van der Waals surface area (Å²) in [6.45, 7) is 6.13. The molecule has 1 aliphatic heterocycles. The number of benzene rings is 1. The van der Waals surface area contributed by atoms with Crippen molar-refractivity contribution in [3.8, 4) is 0 Å². The molecule has 0 atom stereocenters. The minimum Gasteiger partial charge on any atom is -0.384 e. The first-order valence-electron chi connectivity index (χ1n) is 8.79. The van der Waals surface area contributed by atoms with E-state index in [0.29, 0.717) is 50.0 Å². The Morgan fingerprint density at radius 3 is 2.58 bits per heavy atom. The number of nitrogens with one attached hydrogen (secondary N) is 1. The maximum absolute atomic E-state index is 13.9. The van der Waals surface area contributed by atoms with Crippen molar-refractivity contribution >= 4 is 28.4 Å². The van der Waals surface area contributed by atoms with Gasteiger partial charge in [-0.15, -0.1) is 0 Å². The molecule has 6 nitrogen and oxygen atoms in total. The van der Waals surface area contributed by atoms with Gasteiger partial charge in [-0.05, 0) is 19.1 Å². The summed E-state index contributed by atoms with van der Waals surface area (Å²) in [5, 5.41) is 3.94. The molecule has 3 rings (SSSR count). The third kappa shape index (κ3) is 3.92. The number of amides is 2. The quantitative estimate of drug-likeness (QED) is 0.910. The number of aromatic nitrogens is 1. The zero-order chi connectivity index (χ0) is 18.7. The fraction of sp³-hybridized carbons (Fsp3) is 0.421. The van der Waals surface area contributed by atoms with E-state index in [1.165, 1.54) is 6.07 Å². The second kappa shape index (κ2) is 7.68. The predicted molar refractivity (Wildman–Crippen MR) is 98.4 cm³/mol. The Bertz CT molecular complexity index is 832. The number of hydrogen-bond acceptors (Lipinski definition) is 4. The Hall–Kier alpha value is -2.70. The molecule has 2 aromatic rings. The molecule has 7 heteroatoms. The molecule has 0 radical (unpaired) electrons. The van der Waals surface area contributed by atoms with E-state index in [0.717, 1.165) is 11.4 Å². The Morgan fingerprint density at radius 1 is 1.19 bits per heavy atom. The number of fused-ring (bicyclic) bond motifs is 1. The molecular formula is C19H23FN4O2. The first-order chi connectivity index (χ1) is 12.5. The molecule has 2 heterocycles. The molecule has 1 saturated heterocycles. The monoisotopic (exact) mass is 358 g/mol. The summed E-state index contributed by atoms with van der Waals surface area (Å²) in [6.07, 6.45) is 0.345. The van der Waals surface area contributed by atoms with Gasteiger partial charge in [-0.3, -0.25) is 9.59 Å². The fourth-order valence-corrected chi connectivity index (χ4v) is 3.22. The summed E-state index contributed by atoms with van der Waals surface area (Å²) in [6, 6.07) is 6.72. The van der Waals surface area contributed by atoms with Gasteiger partial charge in [0, 0.05) is 62.8 Å². The summed E-state index contributed by atoms with van der Waals surface area (Å²) in [7, 11) is 0. The van der Waals surface area contributed by atoms with E-state index < -0.39 is 0 Å². The first-order valence-corrected chi connectivity index (χ1v) is 8.79. The maximum Gasteiger partial charge on any atom is 0.224 e. The Balaban J connectivity index is 1.59. The van der Waals surface area contributed by atoms with Gasteiger partial charge < -0.3 is 15.1 Å². The van der Waals surface area contributed by atoms with Gasteiger partial charge in [0.1, 0.15) is 11.3 Å². The summed E-state index contributed by atoms with van der Waals surface area (Å²) in [5.74, 6) is -0.249. The molecule has 1 aliphatic rings. The van der Waals surface area contributed by atoms with E-state index in [1.807, 2.05) is 19.1 Å². The van der Waals surface area contributed by atoms with E-state index in [1.54, 1.807) is 22.8 Å². The molecule has 1 aromatic heterocycles. The molecule has 1 N–H and O–H groups in total. The zero-order valence-electron chi connectivity index (χ0n) is 15.1. The number of pyridine rings is 1. The van der Waals surface area contributed by atoms with Crippen LogP contribution >= 0.6 is 0 Å². The number of nitrogens with zero attached hydrogens (tertiary/aromatic N) is 3. The van der Waals surface area contributed by atoms with Gasteiger partial charge in [0.05, 0.1) is 0 Å². The van der Waals surface area contributed by atoms with Crippen molar-refractivity contribution in [2.75, 3.05) is 38.0 Å². The standard InChI is InChI=1S/C19H23FN4O2/c1-13-12-17(15-4-3-5-16(20)19(15)22-13)21-7-6-18(26)24-10-8-23(9-11-24)14(2)25/h3-5,12H,6-11H2,1-2H3,(H,21,22). The molecule has 138 valence electrons. The van der Waals surface area contributed by atoms with E-state index in [9.17, 15) is 14.0 Å². The molecule has 2 amide bonds. The lowest BCUT2D eigenvalue weighted by atomic mass is 10.1. The molecule has 0 spiro atoms. The van der Waals surface area contributed by atoms with E-state index in [4.69, 9.17) is 0 Å².